The molecule has 2 aliphatic heterocycles. The van der Waals surface area contributed by atoms with Crippen LogP contribution in [0.2, 0.25) is 0 Å². The molecule has 0 aliphatic carbocycles. The highest BCUT2D eigenvalue weighted by atomic mass is 35.5. The number of aliphatic hydroxyl groups is 1. The number of likely N-dealkylation sites (tertiary alicyclic amines) is 1. The van der Waals surface area contributed by atoms with Gasteiger partial charge in [-0.1, -0.05) is 0 Å². The molecule has 2 heterocycles. The molecule has 22 heavy (non-hydrogen) atoms. The standard InChI is InChI=1S/C14H23F3N2O2.ClH/c1-13(5-2-6-18-9-13)12(21)19-7-3-10(4-8-19)11(20)14(15,16)17;/h10-11,18,20H,2-9H2,1H3;1H. The van der Waals surface area contributed by atoms with Crippen molar-refractivity contribution in [1.82, 2.24) is 10.2 Å². The maximum atomic E-state index is 12.5. The molecule has 2 atom stereocenters. The zero-order valence-corrected chi connectivity index (χ0v) is 13.5. The van der Waals surface area contributed by atoms with Crippen molar-refractivity contribution in [3.05, 3.63) is 0 Å². The molecule has 0 aromatic heterocycles. The summed E-state index contributed by atoms with van der Waals surface area (Å²) in [6.07, 6.45) is -4.70. The van der Waals surface area contributed by atoms with Crippen LogP contribution < -0.4 is 5.32 Å². The van der Waals surface area contributed by atoms with Crippen molar-refractivity contribution in [2.45, 2.75) is 44.9 Å². The van der Waals surface area contributed by atoms with Gasteiger partial charge in [-0.25, -0.2) is 0 Å². The summed E-state index contributed by atoms with van der Waals surface area (Å²) in [5, 5.41) is 12.5. The number of amides is 1. The monoisotopic (exact) mass is 344 g/mol. The minimum absolute atomic E-state index is 0. The van der Waals surface area contributed by atoms with E-state index in [1.807, 2.05) is 6.92 Å². The second-order valence-electron chi connectivity index (χ2n) is 6.46. The highest BCUT2D eigenvalue weighted by molar-refractivity contribution is 5.85. The lowest BCUT2D eigenvalue weighted by Gasteiger charge is -2.41. The lowest BCUT2D eigenvalue weighted by Crippen LogP contribution is -2.53. The van der Waals surface area contributed by atoms with Crippen LogP contribution in [0.1, 0.15) is 32.6 Å². The number of piperidine rings is 2. The van der Waals surface area contributed by atoms with E-state index in [-0.39, 0.29) is 31.2 Å². The zero-order chi connectivity index (χ0) is 15.7. The van der Waals surface area contributed by atoms with Crippen LogP contribution in [0.4, 0.5) is 13.2 Å². The Labute approximate surface area is 134 Å². The molecule has 2 unspecified atom stereocenters. The van der Waals surface area contributed by atoms with Gasteiger partial charge in [0.1, 0.15) is 0 Å². The van der Waals surface area contributed by atoms with E-state index < -0.39 is 23.6 Å². The minimum atomic E-state index is -4.57. The van der Waals surface area contributed by atoms with Gasteiger partial charge < -0.3 is 15.3 Å². The van der Waals surface area contributed by atoms with Gasteiger partial charge in [-0.05, 0) is 45.1 Å². The van der Waals surface area contributed by atoms with Crippen LogP contribution in [0.15, 0.2) is 0 Å². The van der Waals surface area contributed by atoms with Crippen LogP contribution in [0.3, 0.4) is 0 Å². The molecule has 0 spiro atoms. The first-order valence-corrected chi connectivity index (χ1v) is 7.49. The van der Waals surface area contributed by atoms with Crippen LogP contribution >= 0.6 is 12.4 Å². The summed E-state index contributed by atoms with van der Waals surface area (Å²) in [6.45, 7) is 4.04. The molecule has 2 aliphatic rings. The largest absolute Gasteiger partial charge is 0.414 e. The van der Waals surface area contributed by atoms with E-state index in [2.05, 4.69) is 5.32 Å². The Morgan fingerprint density at radius 1 is 1.36 bits per heavy atom. The Balaban J connectivity index is 0.00000242. The third-order valence-corrected chi connectivity index (χ3v) is 4.72. The molecule has 130 valence electrons. The highest BCUT2D eigenvalue weighted by Crippen LogP contribution is 2.34. The van der Waals surface area contributed by atoms with Gasteiger partial charge >= 0.3 is 6.18 Å². The number of alkyl halides is 3. The first-order chi connectivity index (χ1) is 9.74. The van der Waals surface area contributed by atoms with Gasteiger partial charge in [-0.2, -0.15) is 13.2 Å². The SMILES string of the molecule is CC1(C(=O)N2CCC(C(O)C(F)(F)F)CC2)CCCNC1.Cl. The predicted octanol–water partition coefficient (Wildman–Crippen LogP) is 1.96. The quantitative estimate of drug-likeness (QED) is 0.805. The van der Waals surface area contributed by atoms with Gasteiger partial charge in [0.2, 0.25) is 5.91 Å². The minimum Gasteiger partial charge on any atom is -0.383 e. The summed E-state index contributed by atoms with van der Waals surface area (Å²) in [5.74, 6) is -0.777. The average molecular weight is 345 g/mol. The molecule has 2 saturated heterocycles. The van der Waals surface area contributed by atoms with Gasteiger partial charge in [-0.3, -0.25) is 4.79 Å². The lowest BCUT2D eigenvalue weighted by molar-refractivity contribution is -0.223. The Hall–Kier alpha value is -0.530. The summed E-state index contributed by atoms with van der Waals surface area (Å²) >= 11 is 0. The number of carbonyl (C=O) groups excluding carboxylic acids is 1. The number of halogens is 4. The predicted molar refractivity (Wildman–Crippen MR) is 78.8 cm³/mol. The summed E-state index contributed by atoms with van der Waals surface area (Å²) in [5.41, 5.74) is -0.451. The van der Waals surface area contributed by atoms with E-state index in [1.165, 1.54) is 0 Å². The van der Waals surface area contributed by atoms with E-state index in [0.717, 1.165) is 19.4 Å². The van der Waals surface area contributed by atoms with Crippen molar-refractivity contribution in [3.8, 4) is 0 Å². The number of aliphatic hydroxyl groups excluding tert-OH is 1. The summed E-state index contributed by atoms with van der Waals surface area (Å²) < 4.78 is 37.5. The Morgan fingerprint density at radius 3 is 2.41 bits per heavy atom. The molecular weight excluding hydrogens is 321 g/mol. The number of hydrogen-bond acceptors (Lipinski definition) is 3. The average Bonchev–Trinajstić information content (AvgIpc) is 2.46. The molecule has 2 N–H and O–H groups in total. The van der Waals surface area contributed by atoms with E-state index in [0.29, 0.717) is 19.6 Å². The van der Waals surface area contributed by atoms with E-state index in [1.54, 1.807) is 4.90 Å². The number of carbonyl (C=O) groups is 1. The smallest absolute Gasteiger partial charge is 0.383 e. The maximum Gasteiger partial charge on any atom is 0.414 e. The van der Waals surface area contributed by atoms with E-state index in [9.17, 15) is 23.1 Å². The van der Waals surface area contributed by atoms with Crippen LogP contribution in [0.25, 0.3) is 0 Å². The maximum absolute atomic E-state index is 12.5. The molecule has 0 bridgehead atoms. The van der Waals surface area contributed by atoms with Crippen molar-refractivity contribution in [2.24, 2.45) is 11.3 Å². The highest BCUT2D eigenvalue weighted by Gasteiger charge is 2.45. The van der Waals surface area contributed by atoms with Gasteiger partial charge in [-0.15, -0.1) is 12.4 Å². The fourth-order valence-corrected chi connectivity index (χ4v) is 3.31. The first kappa shape index (κ1) is 19.5. The molecule has 1 amide bonds. The van der Waals surface area contributed by atoms with Gasteiger partial charge in [0.15, 0.2) is 6.10 Å². The third-order valence-electron chi connectivity index (χ3n) is 4.72. The normalized spacial score (nSPS) is 28.9. The lowest BCUT2D eigenvalue weighted by atomic mass is 9.80. The molecule has 2 fully saturated rings. The topological polar surface area (TPSA) is 52.6 Å². The zero-order valence-electron chi connectivity index (χ0n) is 12.7. The molecule has 4 nitrogen and oxygen atoms in total. The van der Waals surface area contributed by atoms with Crippen LogP contribution in [-0.2, 0) is 4.79 Å². The molecule has 0 aromatic rings. The van der Waals surface area contributed by atoms with Gasteiger partial charge in [0.05, 0.1) is 5.41 Å². The van der Waals surface area contributed by atoms with Crippen LogP contribution in [-0.4, -0.2) is 54.4 Å². The van der Waals surface area contributed by atoms with E-state index >= 15 is 0 Å². The summed E-state index contributed by atoms with van der Waals surface area (Å²) in [6, 6.07) is 0. The Kier molecular flexibility index (Phi) is 6.53. The van der Waals surface area contributed by atoms with Crippen molar-refractivity contribution in [1.29, 1.82) is 0 Å². The number of hydrogen-bond donors (Lipinski definition) is 2. The summed E-state index contributed by atoms with van der Waals surface area (Å²) in [4.78, 5) is 14.2. The molecule has 0 saturated carbocycles. The van der Waals surface area contributed by atoms with Gasteiger partial charge in [0.25, 0.3) is 0 Å². The fourth-order valence-electron chi connectivity index (χ4n) is 3.31. The van der Waals surface area contributed by atoms with Crippen molar-refractivity contribution >= 4 is 18.3 Å². The van der Waals surface area contributed by atoms with Crippen molar-refractivity contribution < 1.29 is 23.1 Å². The molecule has 2 rings (SSSR count). The Bertz CT molecular complexity index is 379. The second-order valence-corrected chi connectivity index (χ2v) is 6.46. The van der Waals surface area contributed by atoms with E-state index in [4.69, 9.17) is 0 Å². The van der Waals surface area contributed by atoms with Crippen molar-refractivity contribution in [2.75, 3.05) is 26.2 Å². The first-order valence-electron chi connectivity index (χ1n) is 7.49. The number of nitrogens with zero attached hydrogens (tertiary/aromatic N) is 1. The van der Waals surface area contributed by atoms with Crippen LogP contribution in [0, 0.1) is 11.3 Å². The number of rotatable bonds is 2. The molecule has 8 heteroatoms. The molecular formula is C14H24ClF3N2O2. The third kappa shape index (κ3) is 4.26. The molecule has 0 radical (unpaired) electrons. The summed E-state index contributed by atoms with van der Waals surface area (Å²) in [7, 11) is 0. The van der Waals surface area contributed by atoms with Crippen LogP contribution in [0.5, 0.6) is 0 Å². The number of nitrogens with one attached hydrogen (secondary N) is 1. The van der Waals surface area contributed by atoms with Crippen molar-refractivity contribution in [3.63, 3.8) is 0 Å². The molecule has 0 aromatic carbocycles. The Morgan fingerprint density at radius 2 is 1.95 bits per heavy atom. The van der Waals surface area contributed by atoms with Gasteiger partial charge in [0, 0.05) is 19.6 Å². The second kappa shape index (κ2) is 7.36. The fraction of sp³-hybridized carbons (Fsp3) is 0.929.